The van der Waals surface area contributed by atoms with Crippen LogP contribution in [0, 0.1) is 0 Å². The van der Waals surface area contributed by atoms with Crippen LogP contribution in [0.3, 0.4) is 0 Å². The van der Waals surface area contributed by atoms with E-state index < -0.39 is 35.1 Å². The van der Waals surface area contributed by atoms with Crippen molar-refractivity contribution in [2.45, 2.75) is 37.7 Å². The monoisotopic (exact) mass is 505 g/mol. The first-order chi connectivity index (χ1) is 16.4. The number of carbonyl (C=O) groups is 1. The number of nitrogens with one attached hydrogen (secondary N) is 1. The minimum Gasteiger partial charge on any atom is -0.343 e. The van der Waals surface area contributed by atoms with Crippen LogP contribution in [-0.2, 0) is 17.1 Å². The predicted molar refractivity (Wildman–Crippen MR) is 111 cm³/mol. The predicted octanol–water partition coefficient (Wildman–Crippen LogP) is 2.31. The van der Waals surface area contributed by atoms with E-state index in [-0.39, 0.29) is 43.9 Å². The molecule has 0 aliphatic carbocycles. The second-order valence-corrected chi connectivity index (χ2v) is 8.25. The lowest BCUT2D eigenvalue weighted by Crippen LogP contribution is -2.56. The van der Waals surface area contributed by atoms with E-state index in [2.05, 4.69) is 15.1 Å². The highest BCUT2D eigenvalue weighted by molar-refractivity contribution is 5.85. The first-order valence-corrected chi connectivity index (χ1v) is 10.8. The van der Waals surface area contributed by atoms with Crippen molar-refractivity contribution >= 4 is 17.7 Å². The molecule has 1 atom stereocenters. The van der Waals surface area contributed by atoms with Crippen molar-refractivity contribution in [2.24, 2.45) is 0 Å². The van der Waals surface area contributed by atoms with Crippen LogP contribution in [0.4, 0.5) is 38.1 Å². The molecule has 2 aromatic heterocycles. The van der Waals surface area contributed by atoms with Crippen molar-refractivity contribution in [3.8, 4) is 0 Å². The number of carbonyl (C=O) groups excluding carboxylic acids is 1. The summed E-state index contributed by atoms with van der Waals surface area (Å²) < 4.78 is 77.7. The van der Waals surface area contributed by atoms with Crippen LogP contribution < -0.4 is 15.4 Å². The number of hydrogen-bond donors (Lipinski definition) is 1. The number of amides is 1. The second-order valence-electron chi connectivity index (χ2n) is 8.25. The molecule has 190 valence electrons. The van der Waals surface area contributed by atoms with E-state index in [1.54, 1.807) is 9.80 Å². The van der Waals surface area contributed by atoms with Gasteiger partial charge in [0.2, 0.25) is 11.9 Å². The molecule has 2 aromatic rings. The van der Waals surface area contributed by atoms with E-state index in [1.807, 2.05) is 5.10 Å². The Labute approximate surface area is 194 Å². The van der Waals surface area contributed by atoms with Gasteiger partial charge in [0.25, 0.3) is 5.56 Å². The normalized spacial score (nSPS) is 19.7. The van der Waals surface area contributed by atoms with E-state index in [0.29, 0.717) is 44.3 Å². The average molecular weight is 505 g/mol. The van der Waals surface area contributed by atoms with Crippen LogP contribution >= 0.6 is 0 Å². The van der Waals surface area contributed by atoms with Gasteiger partial charge in [0.15, 0.2) is 0 Å². The molecule has 0 aromatic carbocycles. The SMILES string of the molecule is O=C([C@@H]1CCCCN1c1cc(C(F)(F)F)c(=O)[nH]n1)N1CCN(c2ncc(C(F)(F)F)cn2)CC1. The lowest BCUT2D eigenvalue weighted by atomic mass is 10.00. The average Bonchev–Trinajstić information content (AvgIpc) is 2.83. The smallest absolute Gasteiger partial charge is 0.343 e. The van der Waals surface area contributed by atoms with E-state index >= 15 is 0 Å². The Bertz CT molecular complexity index is 1110. The molecule has 9 nitrogen and oxygen atoms in total. The number of anilines is 2. The number of hydrogen-bond acceptors (Lipinski definition) is 7. The second kappa shape index (κ2) is 9.34. The number of alkyl halides is 6. The Morgan fingerprint density at radius 2 is 1.60 bits per heavy atom. The molecule has 2 fully saturated rings. The van der Waals surface area contributed by atoms with Crippen molar-refractivity contribution in [3.05, 3.63) is 39.9 Å². The van der Waals surface area contributed by atoms with Crippen LogP contribution in [0.5, 0.6) is 0 Å². The van der Waals surface area contributed by atoms with E-state index in [9.17, 15) is 35.9 Å². The van der Waals surface area contributed by atoms with Gasteiger partial charge < -0.3 is 14.7 Å². The van der Waals surface area contributed by atoms with Gasteiger partial charge in [-0.1, -0.05) is 0 Å². The number of piperidine rings is 1. The number of H-pyrrole nitrogens is 1. The molecule has 0 unspecified atom stereocenters. The van der Waals surface area contributed by atoms with Gasteiger partial charge in [-0.25, -0.2) is 15.1 Å². The van der Waals surface area contributed by atoms with E-state index in [0.717, 1.165) is 0 Å². The van der Waals surface area contributed by atoms with Gasteiger partial charge in [-0.05, 0) is 19.3 Å². The third kappa shape index (κ3) is 5.32. The molecule has 0 saturated carbocycles. The van der Waals surface area contributed by atoms with Crippen LogP contribution in [0.1, 0.15) is 30.4 Å². The van der Waals surface area contributed by atoms with Crippen LogP contribution in [-0.4, -0.2) is 69.7 Å². The topological polar surface area (TPSA) is 98.3 Å². The largest absolute Gasteiger partial charge is 0.421 e. The number of aromatic nitrogens is 4. The fraction of sp³-hybridized carbons (Fsp3) is 0.550. The fourth-order valence-electron chi connectivity index (χ4n) is 4.18. The van der Waals surface area contributed by atoms with Gasteiger partial charge >= 0.3 is 12.4 Å². The van der Waals surface area contributed by atoms with Crippen molar-refractivity contribution < 1.29 is 31.1 Å². The molecule has 2 saturated heterocycles. The van der Waals surface area contributed by atoms with Crippen LogP contribution in [0.2, 0.25) is 0 Å². The van der Waals surface area contributed by atoms with Gasteiger partial charge in [0.1, 0.15) is 17.4 Å². The summed E-state index contributed by atoms with van der Waals surface area (Å²) in [5.74, 6) is -0.312. The third-order valence-corrected chi connectivity index (χ3v) is 6.02. The minimum atomic E-state index is -4.86. The zero-order chi connectivity index (χ0) is 25.4. The summed E-state index contributed by atoms with van der Waals surface area (Å²) in [4.78, 5) is 37.1. The summed E-state index contributed by atoms with van der Waals surface area (Å²) in [6.07, 6.45) is -6.26. The summed E-state index contributed by atoms with van der Waals surface area (Å²) in [6.45, 7) is 1.32. The number of halogens is 6. The Balaban J connectivity index is 1.45. The van der Waals surface area contributed by atoms with Gasteiger partial charge in [0, 0.05) is 51.2 Å². The first-order valence-electron chi connectivity index (χ1n) is 10.8. The molecular weight excluding hydrogens is 484 g/mol. The van der Waals surface area contributed by atoms with Gasteiger partial charge in [0.05, 0.1) is 5.56 Å². The maximum absolute atomic E-state index is 13.3. The molecule has 15 heteroatoms. The van der Waals surface area contributed by atoms with Crippen molar-refractivity contribution in [3.63, 3.8) is 0 Å². The van der Waals surface area contributed by atoms with E-state index in [4.69, 9.17) is 0 Å². The lowest BCUT2D eigenvalue weighted by Gasteiger charge is -2.41. The quantitative estimate of drug-likeness (QED) is 0.640. The summed E-state index contributed by atoms with van der Waals surface area (Å²) in [6, 6.07) is -0.0956. The number of nitrogens with zero attached hydrogens (tertiary/aromatic N) is 6. The minimum absolute atomic E-state index is 0.113. The van der Waals surface area contributed by atoms with Crippen LogP contribution in [0.25, 0.3) is 0 Å². The van der Waals surface area contributed by atoms with Crippen molar-refractivity contribution in [2.75, 3.05) is 42.5 Å². The maximum Gasteiger partial charge on any atom is 0.421 e. The molecule has 35 heavy (non-hydrogen) atoms. The zero-order valence-corrected chi connectivity index (χ0v) is 18.2. The van der Waals surface area contributed by atoms with Gasteiger partial charge in [-0.2, -0.15) is 31.4 Å². The molecule has 0 spiro atoms. The molecular formula is C20H21F6N7O2. The Morgan fingerprint density at radius 3 is 2.20 bits per heavy atom. The van der Waals surface area contributed by atoms with Crippen LogP contribution in [0.15, 0.2) is 23.3 Å². The van der Waals surface area contributed by atoms with Gasteiger partial charge in [-0.3, -0.25) is 9.59 Å². The molecule has 0 radical (unpaired) electrons. The summed E-state index contributed by atoms with van der Waals surface area (Å²) in [5, 5.41) is 5.61. The highest BCUT2D eigenvalue weighted by atomic mass is 19.4. The zero-order valence-electron chi connectivity index (χ0n) is 18.2. The summed E-state index contributed by atoms with van der Waals surface area (Å²) in [5.41, 5.74) is -3.70. The number of piperazine rings is 1. The summed E-state index contributed by atoms with van der Waals surface area (Å²) >= 11 is 0. The molecule has 4 heterocycles. The Morgan fingerprint density at radius 1 is 0.943 bits per heavy atom. The van der Waals surface area contributed by atoms with E-state index in [1.165, 1.54) is 4.90 Å². The number of aromatic amines is 1. The Kier molecular flexibility index (Phi) is 6.60. The third-order valence-electron chi connectivity index (χ3n) is 6.02. The van der Waals surface area contributed by atoms with Crippen molar-refractivity contribution in [1.29, 1.82) is 0 Å². The molecule has 1 N–H and O–H groups in total. The molecule has 2 aliphatic rings. The maximum atomic E-state index is 13.3. The standard InChI is InChI=1S/C20H21F6N7O2/c21-19(22,23)12-10-27-18(28-11-12)32-7-5-31(6-8-32)17(35)14-3-1-2-4-33(14)15-9-13(20(24,25)26)16(34)30-29-15/h9-11,14H,1-8H2,(H,30,34)/t14-/m0/s1. The first kappa shape index (κ1) is 24.7. The highest BCUT2D eigenvalue weighted by Gasteiger charge is 2.38. The lowest BCUT2D eigenvalue weighted by molar-refractivity contribution is -0.139. The highest BCUT2D eigenvalue weighted by Crippen LogP contribution is 2.31. The van der Waals surface area contributed by atoms with Crippen molar-refractivity contribution in [1.82, 2.24) is 25.1 Å². The fourth-order valence-corrected chi connectivity index (χ4v) is 4.18. The number of rotatable bonds is 3. The Hall–Kier alpha value is -3.39. The molecule has 1 amide bonds. The molecule has 4 rings (SSSR count). The molecule has 2 aliphatic heterocycles. The molecule has 0 bridgehead atoms. The van der Waals surface area contributed by atoms with Gasteiger partial charge in [-0.15, -0.1) is 0 Å². The summed E-state index contributed by atoms with van der Waals surface area (Å²) in [7, 11) is 0.